The zero-order valence-electron chi connectivity index (χ0n) is 12.6. The van der Waals surface area contributed by atoms with Crippen molar-refractivity contribution in [1.82, 2.24) is 15.5 Å². The Morgan fingerprint density at radius 3 is 2.38 bits per heavy atom. The first-order valence-corrected chi connectivity index (χ1v) is 6.78. The molecule has 0 saturated carbocycles. The lowest BCUT2D eigenvalue weighted by Gasteiger charge is -2.32. The number of likely N-dealkylation sites (tertiary alicyclic amines) is 1. The Balaban J connectivity index is 0.00000400. The highest BCUT2D eigenvalue weighted by Gasteiger charge is 2.30. The van der Waals surface area contributed by atoms with E-state index in [1.54, 1.807) is 4.90 Å². The van der Waals surface area contributed by atoms with E-state index in [1.807, 2.05) is 20.8 Å². The number of urea groups is 1. The Bertz CT molecular complexity index is 395. The van der Waals surface area contributed by atoms with Crippen LogP contribution in [0.3, 0.4) is 0 Å². The molecule has 7 nitrogen and oxygen atoms in total. The highest BCUT2D eigenvalue weighted by atomic mass is 35.5. The van der Waals surface area contributed by atoms with Crippen LogP contribution < -0.4 is 10.6 Å². The normalized spacial score (nSPS) is 19.3. The topological polar surface area (TPSA) is 98.7 Å². The Morgan fingerprint density at radius 2 is 1.86 bits per heavy atom. The fourth-order valence-electron chi connectivity index (χ4n) is 2.18. The molecule has 0 aromatic heterocycles. The maximum absolute atomic E-state index is 11.8. The second-order valence-corrected chi connectivity index (χ2v) is 6.07. The lowest BCUT2D eigenvalue weighted by Crippen LogP contribution is -2.53. The fourth-order valence-corrected chi connectivity index (χ4v) is 2.18. The number of aliphatic carboxylic acids is 1. The van der Waals surface area contributed by atoms with Crippen LogP contribution in [0.1, 0.15) is 40.0 Å². The summed E-state index contributed by atoms with van der Waals surface area (Å²) in [4.78, 5) is 36.0. The molecule has 0 aliphatic carbocycles. The van der Waals surface area contributed by atoms with E-state index in [-0.39, 0.29) is 19.0 Å². The molecule has 0 aromatic carbocycles. The van der Waals surface area contributed by atoms with Crippen molar-refractivity contribution in [3.63, 3.8) is 0 Å². The Labute approximate surface area is 130 Å². The van der Waals surface area contributed by atoms with Crippen LogP contribution in [-0.4, -0.2) is 52.6 Å². The van der Waals surface area contributed by atoms with Gasteiger partial charge in [0, 0.05) is 5.54 Å². The summed E-state index contributed by atoms with van der Waals surface area (Å²) in [6, 6.07) is -1.20. The molecule has 1 saturated heterocycles. The number of piperidine rings is 1. The molecule has 1 atom stereocenters. The number of hydrogen-bond acceptors (Lipinski definition) is 4. The number of imide groups is 1. The minimum Gasteiger partial charge on any atom is -0.480 e. The summed E-state index contributed by atoms with van der Waals surface area (Å²) >= 11 is 0. The van der Waals surface area contributed by atoms with E-state index in [4.69, 9.17) is 5.11 Å². The van der Waals surface area contributed by atoms with E-state index < -0.39 is 29.5 Å². The molecule has 122 valence electrons. The highest BCUT2D eigenvalue weighted by molar-refractivity contribution is 5.95. The summed E-state index contributed by atoms with van der Waals surface area (Å²) in [5.74, 6) is -1.41. The van der Waals surface area contributed by atoms with Crippen molar-refractivity contribution in [2.24, 2.45) is 0 Å². The molecule has 1 aliphatic heterocycles. The van der Waals surface area contributed by atoms with Crippen molar-refractivity contribution in [2.45, 2.75) is 51.6 Å². The monoisotopic (exact) mass is 321 g/mol. The molecule has 1 fully saturated rings. The van der Waals surface area contributed by atoms with Crippen LogP contribution in [0.4, 0.5) is 4.79 Å². The Kier molecular flexibility index (Phi) is 7.67. The Morgan fingerprint density at radius 1 is 1.24 bits per heavy atom. The van der Waals surface area contributed by atoms with Crippen LogP contribution >= 0.6 is 12.4 Å². The minimum atomic E-state index is -0.920. The minimum absolute atomic E-state index is 0. The van der Waals surface area contributed by atoms with Crippen LogP contribution in [0.2, 0.25) is 0 Å². The van der Waals surface area contributed by atoms with E-state index in [2.05, 4.69) is 10.6 Å². The predicted octanol–water partition coefficient (Wildman–Crippen LogP) is 0.972. The number of amides is 3. The zero-order chi connectivity index (χ0) is 15.3. The zero-order valence-corrected chi connectivity index (χ0v) is 13.5. The highest BCUT2D eigenvalue weighted by Crippen LogP contribution is 2.16. The van der Waals surface area contributed by atoms with Crippen molar-refractivity contribution in [3.8, 4) is 0 Å². The molecule has 0 spiro atoms. The summed E-state index contributed by atoms with van der Waals surface area (Å²) in [6.07, 6.45) is 2.25. The number of carbonyl (C=O) groups is 3. The third-order valence-electron chi connectivity index (χ3n) is 2.99. The molecular weight excluding hydrogens is 298 g/mol. The third-order valence-corrected chi connectivity index (χ3v) is 2.99. The van der Waals surface area contributed by atoms with Gasteiger partial charge in [0.1, 0.15) is 6.04 Å². The first-order chi connectivity index (χ1) is 9.19. The maximum atomic E-state index is 11.8. The lowest BCUT2D eigenvalue weighted by atomic mass is 10.0. The molecule has 8 heteroatoms. The van der Waals surface area contributed by atoms with Gasteiger partial charge in [-0.05, 0) is 40.2 Å². The molecule has 1 rings (SSSR count). The summed E-state index contributed by atoms with van der Waals surface area (Å²) in [5, 5.41) is 13.9. The van der Waals surface area contributed by atoms with Gasteiger partial charge in [-0.15, -0.1) is 12.4 Å². The van der Waals surface area contributed by atoms with Gasteiger partial charge in [-0.3, -0.25) is 19.8 Å². The van der Waals surface area contributed by atoms with Gasteiger partial charge in [0.2, 0.25) is 5.91 Å². The molecule has 1 unspecified atom stereocenters. The lowest BCUT2D eigenvalue weighted by molar-refractivity contribution is -0.145. The van der Waals surface area contributed by atoms with Crippen LogP contribution in [-0.2, 0) is 9.59 Å². The molecule has 0 aromatic rings. The van der Waals surface area contributed by atoms with Gasteiger partial charge in [-0.25, -0.2) is 4.79 Å². The van der Waals surface area contributed by atoms with Gasteiger partial charge in [0.05, 0.1) is 6.54 Å². The average Bonchev–Trinajstić information content (AvgIpc) is 2.26. The molecular formula is C13H24ClN3O4. The van der Waals surface area contributed by atoms with E-state index >= 15 is 0 Å². The number of halogens is 1. The van der Waals surface area contributed by atoms with Crippen molar-refractivity contribution >= 4 is 30.3 Å². The number of carboxylic acids is 1. The molecule has 3 N–H and O–H groups in total. The summed E-state index contributed by atoms with van der Waals surface area (Å²) < 4.78 is 0. The summed E-state index contributed by atoms with van der Waals surface area (Å²) in [6.45, 7) is 5.91. The van der Waals surface area contributed by atoms with E-state index in [1.165, 1.54) is 0 Å². The number of hydrogen-bond donors (Lipinski definition) is 3. The Hall–Kier alpha value is -1.34. The quantitative estimate of drug-likeness (QED) is 0.719. The van der Waals surface area contributed by atoms with Crippen molar-refractivity contribution in [3.05, 3.63) is 0 Å². The largest absolute Gasteiger partial charge is 0.480 e. The number of nitrogens with zero attached hydrogens (tertiary/aromatic N) is 1. The number of nitrogens with one attached hydrogen (secondary N) is 2. The van der Waals surface area contributed by atoms with Gasteiger partial charge >= 0.3 is 12.0 Å². The third kappa shape index (κ3) is 7.29. The van der Waals surface area contributed by atoms with Gasteiger partial charge in [0.15, 0.2) is 0 Å². The number of carbonyl (C=O) groups excluding carboxylic acids is 2. The molecule has 0 bridgehead atoms. The SMILES string of the molecule is CC(C)(C)NC(=O)NC(=O)CN1CCCCC1C(=O)O.Cl. The van der Waals surface area contributed by atoms with Gasteiger partial charge in [-0.2, -0.15) is 0 Å². The summed E-state index contributed by atoms with van der Waals surface area (Å²) in [7, 11) is 0. The fraction of sp³-hybridized carbons (Fsp3) is 0.769. The second kappa shape index (κ2) is 8.19. The molecule has 1 heterocycles. The van der Waals surface area contributed by atoms with Gasteiger partial charge < -0.3 is 10.4 Å². The molecule has 0 radical (unpaired) electrons. The van der Waals surface area contributed by atoms with Crippen LogP contribution in [0.25, 0.3) is 0 Å². The maximum Gasteiger partial charge on any atom is 0.321 e. The van der Waals surface area contributed by atoms with Crippen molar-refractivity contribution < 1.29 is 19.5 Å². The van der Waals surface area contributed by atoms with Crippen LogP contribution in [0.5, 0.6) is 0 Å². The van der Waals surface area contributed by atoms with Crippen molar-refractivity contribution in [1.29, 1.82) is 0 Å². The molecule has 1 aliphatic rings. The van der Waals surface area contributed by atoms with E-state index in [0.717, 1.165) is 12.8 Å². The van der Waals surface area contributed by atoms with Gasteiger partial charge in [0.25, 0.3) is 0 Å². The molecule has 3 amide bonds. The number of rotatable bonds is 3. The van der Waals surface area contributed by atoms with E-state index in [0.29, 0.717) is 13.0 Å². The first-order valence-electron chi connectivity index (χ1n) is 6.78. The smallest absolute Gasteiger partial charge is 0.321 e. The van der Waals surface area contributed by atoms with Crippen LogP contribution in [0.15, 0.2) is 0 Å². The standard InChI is InChI=1S/C13H23N3O4.ClH/c1-13(2,3)15-12(20)14-10(17)8-16-7-5-4-6-9(16)11(18)19;/h9H,4-8H2,1-3H3,(H,18,19)(H2,14,15,17,20);1H. The first kappa shape index (κ1) is 19.7. The molecule has 21 heavy (non-hydrogen) atoms. The van der Waals surface area contributed by atoms with Crippen LogP contribution in [0, 0.1) is 0 Å². The average molecular weight is 322 g/mol. The van der Waals surface area contributed by atoms with E-state index in [9.17, 15) is 14.4 Å². The van der Waals surface area contributed by atoms with Crippen molar-refractivity contribution in [2.75, 3.05) is 13.1 Å². The van der Waals surface area contributed by atoms with Gasteiger partial charge in [-0.1, -0.05) is 6.42 Å². The predicted molar refractivity (Wildman–Crippen MR) is 80.5 cm³/mol. The summed E-state index contributed by atoms with van der Waals surface area (Å²) in [5.41, 5.74) is -0.431. The second-order valence-electron chi connectivity index (χ2n) is 6.07. The number of carboxylic acid groups (broad SMARTS) is 1.